The molecule has 0 spiro atoms. The second-order valence-corrected chi connectivity index (χ2v) is 6.33. The molecule has 2 aromatic rings. The van der Waals surface area contributed by atoms with Crippen LogP contribution >= 0.6 is 23.2 Å². The van der Waals surface area contributed by atoms with E-state index in [0.717, 1.165) is 18.2 Å². The predicted octanol–water partition coefficient (Wildman–Crippen LogP) is 3.23. The maximum Gasteiger partial charge on any atom is 0.310 e. The zero-order valence-electron chi connectivity index (χ0n) is 14.3. The highest BCUT2D eigenvalue weighted by atomic mass is 35.5. The second-order valence-electron chi connectivity index (χ2n) is 5.49. The van der Waals surface area contributed by atoms with Crippen molar-refractivity contribution in [1.29, 1.82) is 0 Å². The quantitative estimate of drug-likeness (QED) is 0.353. The van der Waals surface area contributed by atoms with Crippen molar-refractivity contribution >= 4 is 40.7 Å². The number of carbonyl (C=O) groups excluding carboxylic acids is 2. The van der Waals surface area contributed by atoms with Crippen LogP contribution in [0.25, 0.3) is 0 Å². The topological polar surface area (TPSA) is 131 Å². The standard InChI is InChI=1S/C17H15Cl2N3O6/c18-11-4-6-15(12(19)9-11)28-7-1-2-16(24)20-21-17(25)10-3-5-13(22(26)27)14(23)8-10/h3-6,8-9,23H,1-2,7H2,(H,20,24)(H,21,25). The summed E-state index contributed by atoms with van der Waals surface area (Å²) in [6.45, 7) is 0.221. The first-order valence-electron chi connectivity index (χ1n) is 7.92. The molecule has 9 nitrogen and oxygen atoms in total. The van der Waals surface area contributed by atoms with Crippen LogP contribution in [0.3, 0.4) is 0 Å². The van der Waals surface area contributed by atoms with E-state index in [1.165, 1.54) is 6.07 Å². The number of benzene rings is 2. The van der Waals surface area contributed by atoms with Gasteiger partial charge in [0.1, 0.15) is 5.75 Å². The predicted molar refractivity (Wildman–Crippen MR) is 102 cm³/mol. The Bertz CT molecular complexity index is 906. The summed E-state index contributed by atoms with van der Waals surface area (Å²) in [5.74, 6) is -1.41. The van der Waals surface area contributed by atoms with Gasteiger partial charge < -0.3 is 9.84 Å². The highest BCUT2D eigenvalue weighted by Crippen LogP contribution is 2.28. The van der Waals surface area contributed by atoms with Crippen molar-refractivity contribution in [3.05, 3.63) is 62.1 Å². The lowest BCUT2D eigenvalue weighted by Crippen LogP contribution is -2.41. The molecule has 0 heterocycles. The minimum absolute atomic E-state index is 0.0517. The molecule has 3 N–H and O–H groups in total. The number of amides is 2. The van der Waals surface area contributed by atoms with Crippen molar-refractivity contribution in [2.24, 2.45) is 0 Å². The normalized spacial score (nSPS) is 10.2. The van der Waals surface area contributed by atoms with Crippen LogP contribution in [-0.4, -0.2) is 28.5 Å². The fourth-order valence-electron chi connectivity index (χ4n) is 2.09. The Morgan fingerprint density at radius 1 is 1.14 bits per heavy atom. The molecule has 0 saturated carbocycles. The van der Waals surface area contributed by atoms with E-state index in [9.17, 15) is 24.8 Å². The average molecular weight is 428 g/mol. The molecule has 11 heteroatoms. The van der Waals surface area contributed by atoms with Gasteiger partial charge in [-0.2, -0.15) is 0 Å². The van der Waals surface area contributed by atoms with Crippen LogP contribution < -0.4 is 15.6 Å². The minimum atomic E-state index is -0.780. The van der Waals surface area contributed by atoms with Gasteiger partial charge in [-0.15, -0.1) is 0 Å². The zero-order valence-corrected chi connectivity index (χ0v) is 15.8. The maximum absolute atomic E-state index is 11.9. The molecule has 2 aromatic carbocycles. The summed E-state index contributed by atoms with van der Waals surface area (Å²) in [7, 11) is 0. The lowest BCUT2D eigenvalue weighted by atomic mass is 10.2. The molecule has 0 radical (unpaired) electrons. The number of halogens is 2. The summed E-state index contributed by atoms with van der Waals surface area (Å²) < 4.78 is 5.44. The van der Waals surface area contributed by atoms with Gasteiger partial charge in [0.25, 0.3) is 5.91 Å². The van der Waals surface area contributed by atoms with Gasteiger partial charge in [-0.05, 0) is 36.8 Å². The molecule has 0 aliphatic carbocycles. The highest BCUT2D eigenvalue weighted by Gasteiger charge is 2.16. The van der Waals surface area contributed by atoms with Crippen LogP contribution in [0.4, 0.5) is 5.69 Å². The number of phenols is 1. The Morgan fingerprint density at radius 3 is 2.54 bits per heavy atom. The Balaban J connectivity index is 1.74. The van der Waals surface area contributed by atoms with Crippen molar-refractivity contribution in [1.82, 2.24) is 10.9 Å². The van der Waals surface area contributed by atoms with Gasteiger partial charge in [-0.25, -0.2) is 0 Å². The van der Waals surface area contributed by atoms with Crippen LogP contribution in [0.1, 0.15) is 23.2 Å². The van der Waals surface area contributed by atoms with Crippen LogP contribution in [0.2, 0.25) is 10.0 Å². The number of hydrogen-bond donors (Lipinski definition) is 3. The van der Waals surface area contributed by atoms with Crippen LogP contribution in [0, 0.1) is 10.1 Å². The number of ether oxygens (including phenoxy) is 1. The van der Waals surface area contributed by atoms with Crippen molar-refractivity contribution in [3.63, 3.8) is 0 Å². The van der Waals surface area contributed by atoms with E-state index in [1.54, 1.807) is 12.1 Å². The number of nitro benzene ring substituents is 1. The molecule has 28 heavy (non-hydrogen) atoms. The van der Waals surface area contributed by atoms with E-state index < -0.39 is 28.2 Å². The summed E-state index contributed by atoms with van der Waals surface area (Å²) in [6.07, 6.45) is 0.427. The fourth-order valence-corrected chi connectivity index (χ4v) is 2.55. The first kappa shape index (κ1) is 21.3. The molecular weight excluding hydrogens is 413 g/mol. The molecule has 0 atom stereocenters. The fraction of sp³-hybridized carbons (Fsp3) is 0.176. The summed E-state index contributed by atoms with van der Waals surface area (Å²) in [6, 6.07) is 7.86. The van der Waals surface area contributed by atoms with Crippen LogP contribution in [0.15, 0.2) is 36.4 Å². The van der Waals surface area contributed by atoms with E-state index in [4.69, 9.17) is 27.9 Å². The molecule has 148 valence electrons. The number of hydrogen-bond acceptors (Lipinski definition) is 6. The molecule has 0 aliphatic heterocycles. The van der Waals surface area contributed by atoms with Gasteiger partial charge in [0, 0.05) is 23.1 Å². The lowest BCUT2D eigenvalue weighted by molar-refractivity contribution is -0.385. The highest BCUT2D eigenvalue weighted by molar-refractivity contribution is 6.35. The Hall–Kier alpha value is -3.04. The van der Waals surface area contributed by atoms with Gasteiger partial charge in [0.05, 0.1) is 16.6 Å². The van der Waals surface area contributed by atoms with Crippen molar-refractivity contribution in [2.75, 3.05) is 6.61 Å². The third kappa shape index (κ3) is 6.00. The van der Waals surface area contributed by atoms with Crippen LogP contribution in [-0.2, 0) is 4.79 Å². The number of nitro groups is 1. The van der Waals surface area contributed by atoms with Gasteiger partial charge in [-0.3, -0.25) is 30.6 Å². The number of aromatic hydroxyl groups is 1. The van der Waals surface area contributed by atoms with Crippen molar-refractivity contribution < 1.29 is 24.4 Å². The first-order chi connectivity index (χ1) is 13.3. The molecule has 0 aliphatic rings. The molecule has 0 bridgehead atoms. The smallest absolute Gasteiger partial charge is 0.310 e. The number of rotatable bonds is 7. The third-order valence-corrected chi connectivity index (χ3v) is 3.98. The summed E-state index contributed by atoms with van der Waals surface area (Å²) >= 11 is 11.7. The summed E-state index contributed by atoms with van der Waals surface area (Å²) in [4.78, 5) is 33.5. The third-order valence-electron chi connectivity index (χ3n) is 3.45. The average Bonchev–Trinajstić information content (AvgIpc) is 2.64. The van der Waals surface area contributed by atoms with E-state index in [-0.39, 0.29) is 18.6 Å². The largest absolute Gasteiger partial charge is 0.502 e. The Morgan fingerprint density at radius 2 is 1.89 bits per heavy atom. The molecular formula is C17H15Cl2N3O6. The van der Waals surface area contributed by atoms with Gasteiger partial charge in [0.2, 0.25) is 5.91 Å². The van der Waals surface area contributed by atoms with E-state index in [2.05, 4.69) is 10.9 Å². The number of nitrogens with one attached hydrogen (secondary N) is 2. The minimum Gasteiger partial charge on any atom is -0.502 e. The Labute approximate surface area is 169 Å². The molecule has 2 amide bonds. The SMILES string of the molecule is O=C(CCCOc1ccc(Cl)cc1Cl)NNC(=O)c1ccc([N+](=O)[O-])c(O)c1. The summed E-state index contributed by atoms with van der Waals surface area (Å²) in [5.41, 5.74) is 3.78. The monoisotopic (exact) mass is 427 g/mol. The molecule has 0 aromatic heterocycles. The van der Waals surface area contributed by atoms with E-state index >= 15 is 0 Å². The van der Waals surface area contributed by atoms with E-state index in [0.29, 0.717) is 22.2 Å². The number of phenolic OH excluding ortho intramolecular Hbond substituents is 1. The van der Waals surface area contributed by atoms with Crippen LogP contribution in [0.5, 0.6) is 11.5 Å². The summed E-state index contributed by atoms with van der Waals surface area (Å²) in [5, 5.41) is 21.0. The molecule has 0 saturated heterocycles. The maximum atomic E-state index is 11.9. The van der Waals surface area contributed by atoms with Gasteiger partial charge in [0.15, 0.2) is 5.75 Å². The number of hydrazine groups is 1. The second kappa shape index (κ2) is 9.77. The number of carbonyl (C=O) groups is 2. The Kier molecular flexibility index (Phi) is 7.42. The molecule has 0 fully saturated rings. The molecule has 0 unspecified atom stereocenters. The first-order valence-corrected chi connectivity index (χ1v) is 8.68. The van der Waals surface area contributed by atoms with Crippen molar-refractivity contribution in [2.45, 2.75) is 12.8 Å². The number of nitrogens with zero attached hydrogens (tertiary/aromatic N) is 1. The van der Waals surface area contributed by atoms with Crippen molar-refractivity contribution in [3.8, 4) is 11.5 Å². The lowest BCUT2D eigenvalue weighted by Gasteiger charge is -2.09. The van der Waals surface area contributed by atoms with E-state index in [1.807, 2.05) is 0 Å². The van der Waals surface area contributed by atoms with Gasteiger partial charge in [-0.1, -0.05) is 23.2 Å². The zero-order chi connectivity index (χ0) is 20.7. The van der Waals surface area contributed by atoms with Gasteiger partial charge >= 0.3 is 5.69 Å². The molecule has 2 rings (SSSR count).